The highest BCUT2D eigenvalue weighted by atomic mass is 19.1. The van der Waals surface area contributed by atoms with E-state index in [0.29, 0.717) is 18.7 Å². The SMILES string of the molecule is CCN(CCNC(=O)Cn1nnc(-c2cccc(F)c2)n1)c1cccc(C)c1. The van der Waals surface area contributed by atoms with Gasteiger partial charge in [-0.25, -0.2) is 4.39 Å². The third kappa shape index (κ3) is 5.12. The van der Waals surface area contributed by atoms with Gasteiger partial charge in [0.2, 0.25) is 11.7 Å². The summed E-state index contributed by atoms with van der Waals surface area (Å²) in [7, 11) is 0. The van der Waals surface area contributed by atoms with Crippen LogP contribution >= 0.6 is 0 Å². The molecular weight excluding hydrogens is 359 g/mol. The molecule has 0 spiro atoms. The summed E-state index contributed by atoms with van der Waals surface area (Å²) >= 11 is 0. The van der Waals surface area contributed by atoms with Gasteiger partial charge in [-0.05, 0) is 48.9 Å². The number of amides is 1. The van der Waals surface area contributed by atoms with Gasteiger partial charge in [-0.3, -0.25) is 4.79 Å². The lowest BCUT2D eigenvalue weighted by Gasteiger charge is -2.23. The van der Waals surface area contributed by atoms with Gasteiger partial charge in [0.05, 0.1) is 0 Å². The molecule has 1 heterocycles. The minimum absolute atomic E-state index is 0.0428. The number of rotatable bonds is 8. The lowest BCUT2D eigenvalue weighted by atomic mass is 10.2. The topological polar surface area (TPSA) is 75.9 Å². The predicted octanol–water partition coefficient (Wildman–Crippen LogP) is 2.43. The molecule has 0 fully saturated rings. The number of nitrogens with zero attached hydrogens (tertiary/aromatic N) is 5. The molecule has 28 heavy (non-hydrogen) atoms. The number of anilines is 1. The molecule has 1 N–H and O–H groups in total. The van der Waals surface area contributed by atoms with Crippen molar-refractivity contribution in [3.8, 4) is 11.4 Å². The Morgan fingerprint density at radius 2 is 2.04 bits per heavy atom. The van der Waals surface area contributed by atoms with Crippen LogP contribution in [0.4, 0.5) is 10.1 Å². The standard InChI is InChI=1S/C20H23FN6O/c1-3-26(18-9-4-6-15(2)12-18)11-10-22-19(28)14-27-24-20(23-25-27)16-7-5-8-17(21)13-16/h4-9,12-13H,3,10-11,14H2,1-2H3,(H,22,28). The number of aryl methyl sites for hydroxylation is 1. The van der Waals surface area contributed by atoms with E-state index in [-0.39, 0.29) is 24.1 Å². The number of benzene rings is 2. The highest BCUT2D eigenvalue weighted by molar-refractivity contribution is 5.75. The van der Waals surface area contributed by atoms with E-state index in [1.807, 2.05) is 6.07 Å². The molecule has 0 saturated heterocycles. The third-order valence-electron chi connectivity index (χ3n) is 4.27. The molecule has 0 unspecified atom stereocenters. The Kier molecular flexibility index (Phi) is 6.31. The zero-order valence-electron chi connectivity index (χ0n) is 16.0. The van der Waals surface area contributed by atoms with E-state index in [1.165, 1.54) is 22.5 Å². The summed E-state index contributed by atoms with van der Waals surface area (Å²) in [6, 6.07) is 14.2. The van der Waals surface area contributed by atoms with E-state index in [1.54, 1.807) is 12.1 Å². The van der Waals surface area contributed by atoms with Gasteiger partial charge in [0.15, 0.2) is 0 Å². The second-order valence-corrected chi connectivity index (χ2v) is 6.42. The quantitative estimate of drug-likeness (QED) is 0.648. The summed E-state index contributed by atoms with van der Waals surface area (Å²) < 4.78 is 13.3. The van der Waals surface area contributed by atoms with Crippen LogP contribution in [0, 0.1) is 12.7 Å². The van der Waals surface area contributed by atoms with Gasteiger partial charge in [-0.2, -0.15) is 4.80 Å². The Balaban J connectivity index is 1.50. The van der Waals surface area contributed by atoms with Crippen LogP contribution in [-0.4, -0.2) is 45.7 Å². The van der Waals surface area contributed by atoms with Crippen LogP contribution in [0.1, 0.15) is 12.5 Å². The van der Waals surface area contributed by atoms with Crippen molar-refractivity contribution < 1.29 is 9.18 Å². The molecule has 0 radical (unpaired) electrons. The van der Waals surface area contributed by atoms with Crippen LogP contribution in [0.25, 0.3) is 11.4 Å². The molecule has 0 aliphatic rings. The van der Waals surface area contributed by atoms with Crippen molar-refractivity contribution in [1.82, 2.24) is 25.5 Å². The van der Waals surface area contributed by atoms with Crippen molar-refractivity contribution in [3.63, 3.8) is 0 Å². The first kappa shape index (κ1) is 19.5. The Morgan fingerprint density at radius 1 is 1.21 bits per heavy atom. The first-order valence-corrected chi connectivity index (χ1v) is 9.17. The van der Waals surface area contributed by atoms with Crippen molar-refractivity contribution in [2.75, 3.05) is 24.5 Å². The fraction of sp³-hybridized carbons (Fsp3) is 0.300. The van der Waals surface area contributed by atoms with E-state index in [4.69, 9.17) is 0 Å². The lowest BCUT2D eigenvalue weighted by Crippen LogP contribution is -2.36. The summed E-state index contributed by atoms with van der Waals surface area (Å²) in [6.07, 6.45) is 0. The number of carbonyl (C=O) groups is 1. The molecule has 1 aromatic heterocycles. The molecule has 2 aromatic carbocycles. The van der Waals surface area contributed by atoms with E-state index < -0.39 is 0 Å². The van der Waals surface area contributed by atoms with Crippen LogP contribution in [0.2, 0.25) is 0 Å². The fourth-order valence-electron chi connectivity index (χ4n) is 2.86. The molecule has 0 bridgehead atoms. The third-order valence-corrected chi connectivity index (χ3v) is 4.27. The number of hydrogen-bond acceptors (Lipinski definition) is 5. The molecule has 146 valence electrons. The Bertz CT molecular complexity index is 942. The first-order chi connectivity index (χ1) is 13.5. The second kappa shape index (κ2) is 9.07. The second-order valence-electron chi connectivity index (χ2n) is 6.42. The van der Waals surface area contributed by atoms with Gasteiger partial charge in [0.1, 0.15) is 12.4 Å². The minimum Gasteiger partial charge on any atom is -0.370 e. The number of carbonyl (C=O) groups excluding carboxylic acids is 1. The van der Waals surface area contributed by atoms with Gasteiger partial charge in [-0.1, -0.05) is 24.3 Å². The number of hydrogen-bond donors (Lipinski definition) is 1. The molecule has 3 aromatic rings. The molecular formula is C20H23FN6O. The van der Waals surface area contributed by atoms with Crippen molar-refractivity contribution >= 4 is 11.6 Å². The zero-order valence-corrected chi connectivity index (χ0v) is 16.0. The fourth-order valence-corrected chi connectivity index (χ4v) is 2.86. The molecule has 0 atom stereocenters. The summed E-state index contributed by atoms with van der Waals surface area (Å²) in [6.45, 7) is 6.15. The van der Waals surface area contributed by atoms with E-state index in [2.05, 4.69) is 57.7 Å². The summed E-state index contributed by atoms with van der Waals surface area (Å²) in [5, 5.41) is 14.7. The zero-order chi connectivity index (χ0) is 19.9. The van der Waals surface area contributed by atoms with Crippen LogP contribution in [0.5, 0.6) is 0 Å². The Morgan fingerprint density at radius 3 is 2.79 bits per heavy atom. The maximum atomic E-state index is 13.3. The van der Waals surface area contributed by atoms with Crippen LogP contribution in [0.15, 0.2) is 48.5 Å². The van der Waals surface area contributed by atoms with Gasteiger partial charge < -0.3 is 10.2 Å². The van der Waals surface area contributed by atoms with Gasteiger partial charge in [-0.15, -0.1) is 10.2 Å². The largest absolute Gasteiger partial charge is 0.370 e. The van der Waals surface area contributed by atoms with E-state index in [9.17, 15) is 9.18 Å². The van der Waals surface area contributed by atoms with E-state index >= 15 is 0 Å². The van der Waals surface area contributed by atoms with Gasteiger partial charge in [0.25, 0.3) is 0 Å². The highest BCUT2D eigenvalue weighted by Crippen LogP contribution is 2.15. The van der Waals surface area contributed by atoms with Crippen molar-refractivity contribution in [1.29, 1.82) is 0 Å². The number of likely N-dealkylation sites (N-methyl/N-ethyl adjacent to an activating group) is 1. The number of tetrazole rings is 1. The number of aromatic nitrogens is 4. The van der Waals surface area contributed by atoms with Crippen LogP contribution < -0.4 is 10.2 Å². The van der Waals surface area contributed by atoms with Gasteiger partial charge >= 0.3 is 0 Å². The average molecular weight is 382 g/mol. The van der Waals surface area contributed by atoms with Crippen LogP contribution in [-0.2, 0) is 11.3 Å². The molecule has 7 nitrogen and oxygen atoms in total. The number of nitrogens with one attached hydrogen (secondary N) is 1. The van der Waals surface area contributed by atoms with Crippen molar-refractivity contribution in [2.45, 2.75) is 20.4 Å². The predicted molar refractivity (Wildman–Crippen MR) is 105 cm³/mol. The van der Waals surface area contributed by atoms with Crippen LogP contribution in [0.3, 0.4) is 0 Å². The monoisotopic (exact) mass is 382 g/mol. The summed E-state index contributed by atoms with van der Waals surface area (Å²) in [4.78, 5) is 15.6. The number of halogens is 1. The Labute approximate surface area is 163 Å². The maximum Gasteiger partial charge on any atom is 0.243 e. The molecule has 1 amide bonds. The minimum atomic E-state index is -0.374. The molecule has 0 saturated carbocycles. The van der Waals surface area contributed by atoms with Gasteiger partial charge in [0, 0.05) is 30.9 Å². The van der Waals surface area contributed by atoms with Crippen molar-refractivity contribution in [2.24, 2.45) is 0 Å². The van der Waals surface area contributed by atoms with Crippen molar-refractivity contribution in [3.05, 3.63) is 59.9 Å². The smallest absolute Gasteiger partial charge is 0.243 e. The summed E-state index contributed by atoms with van der Waals surface area (Å²) in [5.74, 6) is -0.298. The average Bonchev–Trinajstić information content (AvgIpc) is 3.14. The Hall–Kier alpha value is -3.29. The molecule has 3 rings (SSSR count). The molecule has 0 aliphatic heterocycles. The van der Waals surface area contributed by atoms with E-state index in [0.717, 1.165) is 12.2 Å². The highest BCUT2D eigenvalue weighted by Gasteiger charge is 2.10. The summed E-state index contributed by atoms with van der Waals surface area (Å²) in [5.41, 5.74) is 2.85. The normalized spacial score (nSPS) is 10.7. The maximum absolute atomic E-state index is 13.3. The molecule has 0 aliphatic carbocycles. The molecule has 8 heteroatoms. The first-order valence-electron chi connectivity index (χ1n) is 9.17. The lowest BCUT2D eigenvalue weighted by molar-refractivity contribution is -0.122.